The van der Waals surface area contributed by atoms with Gasteiger partial charge in [0.25, 0.3) is 5.56 Å². The van der Waals surface area contributed by atoms with E-state index < -0.39 is 0 Å². The van der Waals surface area contributed by atoms with Gasteiger partial charge in [0.1, 0.15) is 17.5 Å². The van der Waals surface area contributed by atoms with Crippen molar-refractivity contribution in [1.82, 2.24) is 14.5 Å². The summed E-state index contributed by atoms with van der Waals surface area (Å²) >= 11 is 6.16. The zero-order valence-corrected chi connectivity index (χ0v) is 14.4. The summed E-state index contributed by atoms with van der Waals surface area (Å²) in [6, 6.07) is 8.92. The highest BCUT2D eigenvalue weighted by Gasteiger charge is 2.16. The van der Waals surface area contributed by atoms with E-state index in [1.165, 1.54) is 10.8 Å². The van der Waals surface area contributed by atoms with E-state index in [2.05, 4.69) is 15.3 Å². The Bertz CT molecular complexity index is 1070. The van der Waals surface area contributed by atoms with Crippen LogP contribution in [0.4, 0.5) is 11.8 Å². The SMILES string of the molecule is C[C@H](Nc1nc(N)ncc1C#N)c1cc2cccc(Cl)c2c(=O)n1C. The van der Waals surface area contributed by atoms with Crippen molar-refractivity contribution in [3.05, 3.63) is 57.1 Å². The molecule has 0 spiro atoms. The van der Waals surface area contributed by atoms with Crippen LogP contribution in [0.5, 0.6) is 0 Å². The first-order valence-corrected chi connectivity index (χ1v) is 7.87. The van der Waals surface area contributed by atoms with Crippen LogP contribution in [0, 0.1) is 11.3 Å². The number of pyridine rings is 1. The molecule has 3 aromatic rings. The minimum absolute atomic E-state index is 0.0629. The van der Waals surface area contributed by atoms with E-state index in [4.69, 9.17) is 17.3 Å². The first kappa shape index (κ1) is 16.7. The van der Waals surface area contributed by atoms with Crippen LogP contribution < -0.4 is 16.6 Å². The lowest BCUT2D eigenvalue weighted by Crippen LogP contribution is -2.24. The fourth-order valence-electron chi connectivity index (χ4n) is 2.71. The summed E-state index contributed by atoms with van der Waals surface area (Å²) in [4.78, 5) is 20.5. The van der Waals surface area contributed by atoms with E-state index in [9.17, 15) is 10.1 Å². The first-order valence-electron chi connectivity index (χ1n) is 7.49. The highest BCUT2D eigenvalue weighted by molar-refractivity contribution is 6.35. The van der Waals surface area contributed by atoms with E-state index in [1.807, 2.05) is 25.1 Å². The second-order valence-corrected chi connectivity index (χ2v) is 6.01. The molecule has 0 amide bonds. The van der Waals surface area contributed by atoms with Crippen LogP contribution in [0.1, 0.15) is 24.2 Å². The van der Waals surface area contributed by atoms with Crippen molar-refractivity contribution in [3.63, 3.8) is 0 Å². The van der Waals surface area contributed by atoms with Crippen molar-refractivity contribution in [2.75, 3.05) is 11.1 Å². The highest BCUT2D eigenvalue weighted by Crippen LogP contribution is 2.25. The lowest BCUT2D eigenvalue weighted by Gasteiger charge is -2.19. The predicted molar refractivity (Wildman–Crippen MR) is 97.4 cm³/mol. The van der Waals surface area contributed by atoms with E-state index >= 15 is 0 Å². The molecule has 25 heavy (non-hydrogen) atoms. The molecule has 7 nitrogen and oxygen atoms in total. The molecule has 0 bridgehead atoms. The Balaban J connectivity index is 2.08. The maximum absolute atomic E-state index is 12.7. The summed E-state index contributed by atoms with van der Waals surface area (Å²) in [6.45, 7) is 1.87. The van der Waals surface area contributed by atoms with Gasteiger partial charge in [0, 0.05) is 12.7 Å². The Hall–Kier alpha value is -3.11. The molecule has 8 heteroatoms. The molecular formula is C17H15ClN6O. The molecule has 1 aromatic carbocycles. The maximum Gasteiger partial charge on any atom is 0.259 e. The molecule has 0 aliphatic rings. The van der Waals surface area contributed by atoms with Crippen LogP contribution in [-0.4, -0.2) is 14.5 Å². The van der Waals surface area contributed by atoms with Crippen molar-refractivity contribution in [1.29, 1.82) is 5.26 Å². The fourth-order valence-corrected chi connectivity index (χ4v) is 2.97. The molecule has 126 valence electrons. The fraction of sp³-hybridized carbons (Fsp3) is 0.176. The lowest BCUT2D eigenvalue weighted by atomic mass is 10.1. The number of aromatic nitrogens is 3. The lowest BCUT2D eigenvalue weighted by molar-refractivity contribution is 0.720. The van der Waals surface area contributed by atoms with Gasteiger partial charge in [-0.25, -0.2) is 4.98 Å². The van der Waals surface area contributed by atoms with Gasteiger partial charge < -0.3 is 15.6 Å². The molecular weight excluding hydrogens is 340 g/mol. The number of nitrogens with one attached hydrogen (secondary N) is 1. The molecule has 0 unspecified atom stereocenters. The zero-order chi connectivity index (χ0) is 18.1. The standard InChI is InChI=1S/C17H15ClN6O/c1-9(22-15-11(7-19)8-21-17(20)23-15)13-6-10-4-3-5-12(18)14(10)16(25)24(13)2/h3-6,8-9H,1-2H3,(H3,20,21,22,23)/t9-/m0/s1. The third kappa shape index (κ3) is 2.99. The summed E-state index contributed by atoms with van der Waals surface area (Å²) in [5.74, 6) is 0.383. The minimum Gasteiger partial charge on any atom is -0.368 e. The third-order valence-electron chi connectivity index (χ3n) is 3.98. The molecule has 1 atom stereocenters. The van der Waals surface area contributed by atoms with Gasteiger partial charge >= 0.3 is 0 Å². The predicted octanol–water partition coefficient (Wildman–Crippen LogP) is 2.61. The van der Waals surface area contributed by atoms with Gasteiger partial charge in [-0.1, -0.05) is 23.7 Å². The van der Waals surface area contributed by atoms with E-state index in [0.29, 0.717) is 16.2 Å². The van der Waals surface area contributed by atoms with Crippen LogP contribution in [0.25, 0.3) is 10.8 Å². The van der Waals surface area contributed by atoms with Gasteiger partial charge in [-0.3, -0.25) is 4.79 Å². The average molecular weight is 355 g/mol. The molecule has 0 fully saturated rings. The van der Waals surface area contributed by atoms with Crippen molar-refractivity contribution >= 4 is 34.1 Å². The van der Waals surface area contributed by atoms with Gasteiger partial charge in [-0.2, -0.15) is 10.2 Å². The summed E-state index contributed by atoms with van der Waals surface area (Å²) < 4.78 is 1.53. The second kappa shape index (κ2) is 6.42. The normalized spacial score (nSPS) is 11.9. The number of nitrogens with zero attached hydrogens (tertiary/aromatic N) is 4. The van der Waals surface area contributed by atoms with Crippen LogP contribution in [0.3, 0.4) is 0 Å². The Kier molecular flexibility index (Phi) is 4.30. The number of hydrogen-bond donors (Lipinski definition) is 2. The number of fused-ring (bicyclic) bond motifs is 1. The summed E-state index contributed by atoms with van der Waals surface area (Å²) in [5, 5.41) is 13.9. The Morgan fingerprint density at radius 2 is 2.20 bits per heavy atom. The molecule has 0 radical (unpaired) electrons. The molecule has 2 aromatic heterocycles. The number of nitrogen functional groups attached to an aromatic ring is 1. The number of anilines is 2. The molecule has 0 aliphatic heterocycles. The van der Waals surface area contributed by atoms with Crippen molar-refractivity contribution in [3.8, 4) is 6.07 Å². The largest absolute Gasteiger partial charge is 0.368 e. The van der Waals surface area contributed by atoms with Gasteiger partial charge in [0.15, 0.2) is 0 Å². The smallest absolute Gasteiger partial charge is 0.259 e. The highest BCUT2D eigenvalue weighted by atomic mass is 35.5. The van der Waals surface area contributed by atoms with Gasteiger partial charge in [0.2, 0.25) is 5.95 Å². The quantitative estimate of drug-likeness (QED) is 0.748. The van der Waals surface area contributed by atoms with Gasteiger partial charge in [0.05, 0.1) is 22.6 Å². The number of nitrogens with two attached hydrogens (primary N) is 1. The van der Waals surface area contributed by atoms with Crippen molar-refractivity contribution < 1.29 is 0 Å². The van der Waals surface area contributed by atoms with Crippen LogP contribution in [0.15, 0.2) is 35.3 Å². The number of nitriles is 1. The molecule has 0 saturated heterocycles. The second-order valence-electron chi connectivity index (χ2n) is 5.61. The summed E-state index contributed by atoms with van der Waals surface area (Å²) in [6.07, 6.45) is 1.36. The molecule has 0 saturated carbocycles. The average Bonchev–Trinajstić information content (AvgIpc) is 2.58. The summed E-state index contributed by atoms with van der Waals surface area (Å²) in [7, 11) is 1.68. The first-order chi connectivity index (χ1) is 11.9. The monoisotopic (exact) mass is 354 g/mol. The Morgan fingerprint density at radius 3 is 2.92 bits per heavy atom. The van der Waals surface area contributed by atoms with E-state index in [1.54, 1.807) is 19.2 Å². The van der Waals surface area contributed by atoms with Gasteiger partial charge in [-0.15, -0.1) is 0 Å². The van der Waals surface area contributed by atoms with Crippen LogP contribution in [-0.2, 0) is 7.05 Å². The minimum atomic E-state index is -0.303. The Labute approximate surface area is 148 Å². The van der Waals surface area contributed by atoms with E-state index in [0.717, 1.165) is 11.1 Å². The molecule has 0 aliphatic carbocycles. The van der Waals surface area contributed by atoms with E-state index in [-0.39, 0.29) is 23.1 Å². The van der Waals surface area contributed by atoms with Crippen molar-refractivity contribution in [2.45, 2.75) is 13.0 Å². The Morgan fingerprint density at radius 1 is 1.44 bits per heavy atom. The topological polar surface area (TPSA) is 110 Å². The molecule has 2 heterocycles. The number of halogens is 1. The molecule has 3 N–H and O–H groups in total. The third-order valence-corrected chi connectivity index (χ3v) is 4.29. The van der Waals surface area contributed by atoms with Crippen molar-refractivity contribution in [2.24, 2.45) is 7.05 Å². The summed E-state index contributed by atoms with van der Waals surface area (Å²) in [5.41, 5.74) is 6.41. The number of hydrogen-bond acceptors (Lipinski definition) is 6. The number of benzene rings is 1. The molecule has 3 rings (SSSR count). The number of rotatable bonds is 3. The zero-order valence-electron chi connectivity index (χ0n) is 13.6. The van der Waals surface area contributed by atoms with Crippen LogP contribution in [0.2, 0.25) is 5.02 Å². The van der Waals surface area contributed by atoms with Crippen LogP contribution >= 0.6 is 11.6 Å². The van der Waals surface area contributed by atoms with Gasteiger partial charge in [-0.05, 0) is 24.4 Å². The maximum atomic E-state index is 12.7.